The van der Waals surface area contributed by atoms with Gasteiger partial charge in [-0.15, -0.1) is 0 Å². The molecule has 0 aliphatic rings. The number of phenols is 1. The third-order valence-corrected chi connectivity index (χ3v) is 2.75. The number of para-hydroxylation sites is 1. The summed E-state index contributed by atoms with van der Waals surface area (Å²) in [5.41, 5.74) is -1.63. The quantitative estimate of drug-likeness (QED) is 0.445. The topological polar surface area (TPSA) is 119 Å². The number of ether oxygens (including phenoxy) is 1. The first-order valence-electron chi connectivity index (χ1n) is 5.54. The lowest BCUT2D eigenvalue weighted by molar-refractivity contribution is 0.0374. The average molecular weight is 271 g/mol. The second-order valence-electron chi connectivity index (χ2n) is 4.07. The van der Waals surface area contributed by atoms with Crippen molar-refractivity contribution < 1.29 is 30.0 Å². The molecule has 0 bridgehead atoms. The molecule has 0 saturated heterocycles. The number of carbonyl (C=O) groups is 1. The molecule has 0 aliphatic carbocycles. The number of amides is 1. The van der Waals surface area contributed by atoms with Crippen LogP contribution in [0, 0.1) is 0 Å². The standard InChI is InChI=1S/C12H17NO6/c1-19-9-4-2-3-8(10(9)17)11(18)13-12(5-14,6-15)7-16/h2-4,14-17H,5-7H2,1H3,(H,13,18). The molecular formula is C12H17NO6. The number of benzene rings is 1. The summed E-state index contributed by atoms with van der Waals surface area (Å²) in [5.74, 6) is -0.978. The van der Waals surface area contributed by atoms with Crippen molar-refractivity contribution in [3.8, 4) is 11.5 Å². The molecule has 0 aliphatic heterocycles. The first-order valence-corrected chi connectivity index (χ1v) is 5.54. The van der Waals surface area contributed by atoms with E-state index in [0.29, 0.717) is 0 Å². The van der Waals surface area contributed by atoms with Gasteiger partial charge in [0.25, 0.3) is 5.91 Å². The van der Waals surface area contributed by atoms with Crippen LogP contribution in [-0.4, -0.2) is 58.8 Å². The molecule has 106 valence electrons. The third-order valence-electron chi connectivity index (χ3n) is 2.75. The lowest BCUT2D eigenvalue weighted by Gasteiger charge is -2.28. The van der Waals surface area contributed by atoms with Gasteiger partial charge in [-0.25, -0.2) is 0 Å². The molecule has 0 atom stereocenters. The SMILES string of the molecule is COc1cccc(C(=O)NC(CO)(CO)CO)c1O. The van der Waals surface area contributed by atoms with Crippen molar-refractivity contribution in [1.82, 2.24) is 5.32 Å². The predicted octanol–water partition coefficient (Wildman–Crippen LogP) is -1.15. The number of aliphatic hydroxyl groups excluding tert-OH is 3. The Kier molecular flexibility index (Phi) is 5.11. The van der Waals surface area contributed by atoms with Crippen LogP contribution in [0.15, 0.2) is 18.2 Å². The van der Waals surface area contributed by atoms with E-state index in [0.717, 1.165) is 0 Å². The molecule has 1 rings (SSSR count). The smallest absolute Gasteiger partial charge is 0.255 e. The van der Waals surface area contributed by atoms with E-state index < -0.39 is 31.3 Å². The van der Waals surface area contributed by atoms with Gasteiger partial charge < -0.3 is 30.5 Å². The highest BCUT2D eigenvalue weighted by molar-refractivity contribution is 5.98. The molecule has 1 amide bonds. The maximum absolute atomic E-state index is 12.0. The number of hydrogen-bond donors (Lipinski definition) is 5. The van der Waals surface area contributed by atoms with Crippen LogP contribution in [0.4, 0.5) is 0 Å². The Hall–Kier alpha value is -1.83. The van der Waals surface area contributed by atoms with Gasteiger partial charge in [0, 0.05) is 0 Å². The van der Waals surface area contributed by atoms with Crippen molar-refractivity contribution in [2.75, 3.05) is 26.9 Å². The Bertz CT molecular complexity index is 436. The molecule has 19 heavy (non-hydrogen) atoms. The second-order valence-corrected chi connectivity index (χ2v) is 4.07. The van der Waals surface area contributed by atoms with Gasteiger partial charge in [-0.3, -0.25) is 4.79 Å². The largest absolute Gasteiger partial charge is 0.504 e. The number of methoxy groups -OCH3 is 1. The minimum atomic E-state index is -1.55. The molecule has 0 saturated carbocycles. The summed E-state index contributed by atoms with van der Waals surface area (Å²) in [4.78, 5) is 12.0. The van der Waals surface area contributed by atoms with Crippen LogP contribution in [0.5, 0.6) is 11.5 Å². The molecule has 1 aromatic rings. The fourth-order valence-electron chi connectivity index (χ4n) is 1.45. The normalized spacial score (nSPS) is 11.2. The lowest BCUT2D eigenvalue weighted by Crippen LogP contribution is -2.57. The van der Waals surface area contributed by atoms with Gasteiger partial charge in [-0.2, -0.15) is 0 Å². The highest BCUT2D eigenvalue weighted by atomic mass is 16.5. The van der Waals surface area contributed by atoms with Crippen LogP contribution < -0.4 is 10.1 Å². The van der Waals surface area contributed by atoms with Crippen LogP contribution in [0.25, 0.3) is 0 Å². The van der Waals surface area contributed by atoms with Gasteiger partial charge in [0.15, 0.2) is 11.5 Å². The van der Waals surface area contributed by atoms with E-state index in [4.69, 9.17) is 20.1 Å². The number of hydrogen-bond acceptors (Lipinski definition) is 6. The van der Waals surface area contributed by atoms with Crippen molar-refractivity contribution in [2.45, 2.75) is 5.54 Å². The minimum Gasteiger partial charge on any atom is -0.504 e. The Labute approximate surface area is 110 Å². The van der Waals surface area contributed by atoms with Crippen LogP contribution in [0.2, 0.25) is 0 Å². The average Bonchev–Trinajstić information content (AvgIpc) is 2.45. The van der Waals surface area contributed by atoms with Crippen LogP contribution in [-0.2, 0) is 0 Å². The lowest BCUT2D eigenvalue weighted by atomic mass is 10.0. The van der Waals surface area contributed by atoms with E-state index in [-0.39, 0.29) is 17.1 Å². The van der Waals surface area contributed by atoms with Crippen molar-refractivity contribution in [2.24, 2.45) is 0 Å². The van der Waals surface area contributed by atoms with Gasteiger partial charge in [0.2, 0.25) is 0 Å². The van der Waals surface area contributed by atoms with E-state index in [9.17, 15) is 9.90 Å². The number of nitrogens with one attached hydrogen (secondary N) is 1. The Morgan fingerprint density at radius 2 is 1.84 bits per heavy atom. The molecule has 0 radical (unpaired) electrons. The van der Waals surface area contributed by atoms with Crippen molar-refractivity contribution in [3.05, 3.63) is 23.8 Å². The number of phenolic OH excluding ortho intramolecular Hbond substituents is 1. The molecule has 0 fully saturated rings. The highest BCUT2D eigenvalue weighted by Crippen LogP contribution is 2.29. The van der Waals surface area contributed by atoms with Gasteiger partial charge in [-0.05, 0) is 12.1 Å². The van der Waals surface area contributed by atoms with E-state index >= 15 is 0 Å². The zero-order valence-corrected chi connectivity index (χ0v) is 10.5. The second kappa shape index (κ2) is 6.37. The number of carbonyl (C=O) groups excluding carboxylic acids is 1. The Morgan fingerprint density at radius 1 is 1.26 bits per heavy atom. The summed E-state index contributed by atoms with van der Waals surface area (Å²) in [7, 11) is 1.34. The zero-order valence-electron chi connectivity index (χ0n) is 10.5. The zero-order chi connectivity index (χ0) is 14.5. The van der Waals surface area contributed by atoms with Crippen molar-refractivity contribution in [3.63, 3.8) is 0 Å². The fourth-order valence-corrected chi connectivity index (χ4v) is 1.45. The number of aliphatic hydroxyl groups is 3. The van der Waals surface area contributed by atoms with Gasteiger partial charge >= 0.3 is 0 Å². The van der Waals surface area contributed by atoms with Crippen LogP contribution in [0.1, 0.15) is 10.4 Å². The monoisotopic (exact) mass is 271 g/mol. The molecular weight excluding hydrogens is 254 g/mol. The summed E-state index contributed by atoms with van der Waals surface area (Å²) < 4.78 is 4.87. The Morgan fingerprint density at radius 3 is 2.32 bits per heavy atom. The summed E-state index contributed by atoms with van der Waals surface area (Å²) in [6.45, 7) is -1.93. The van der Waals surface area contributed by atoms with E-state index in [2.05, 4.69) is 5.32 Å². The maximum Gasteiger partial charge on any atom is 0.255 e. The Balaban J connectivity index is 3.01. The van der Waals surface area contributed by atoms with Crippen molar-refractivity contribution >= 4 is 5.91 Å². The van der Waals surface area contributed by atoms with Gasteiger partial charge in [0.05, 0.1) is 32.5 Å². The summed E-state index contributed by atoms with van der Waals surface area (Å²) >= 11 is 0. The van der Waals surface area contributed by atoms with Gasteiger partial charge in [-0.1, -0.05) is 6.07 Å². The molecule has 5 N–H and O–H groups in total. The molecule has 0 unspecified atom stereocenters. The molecule has 0 aromatic heterocycles. The summed E-state index contributed by atoms with van der Waals surface area (Å²) in [6.07, 6.45) is 0. The van der Waals surface area contributed by atoms with Crippen LogP contribution >= 0.6 is 0 Å². The van der Waals surface area contributed by atoms with Crippen LogP contribution in [0.3, 0.4) is 0 Å². The molecule has 0 heterocycles. The third kappa shape index (κ3) is 3.14. The number of rotatable bonds is 6. The first kappa shape index (κ1) is 15.2. The van der Waals surface area contributed by atoms with E-state index in [1.54, 1.807) is 0 Å². The predicted molar refractivity (Wildman–Crippen MR) is 66.1 cm³/mol. The van der Waals surface area contributed by atoms with Gasteiger partial charge in [0.1, 0.15) is 5.54 Å². The van der Waals surface area contributed by atoms with Crippen molar-refractivity contribution in [1.29, 1.82) is 0 Å². The minimum absolute atomic E-state index is 0.0842. The maximum atomic E-state index is 12.0. The molecule has 7 heteroatoms. The number of aromatic hydroxyl groups is 1. The first-order chi connectivity index (χ1) is 9.03. The molecule has 0 spiro atoms. The highest BCUT2D eigenvalue weighted by Gasteiger charge is 2.31. The summed E-state index contributed by atoms with van der Waals surface area (Å²) in [5, 5.41) is 39.4. The van der Waals surface area contributed by atoms with E-state index in [1.165, 1.54) is 25.3 Å². The molecule has 1 aromatic carbocycles. The summed E-state index contributed by atoms with van der Waals surface area (Å²) in [6, 6.07) is 4.33. The fraction of sp³-hybridized carbons (Fsp3) is 0.417. The molecule has 7 nitrogen and oxygen atoms in total. The van der Waals surface area contributed by atoms with E-state index in [1.807, 2.05) is 0 Å².